The first-order chi connectivity index (χ1) is 24.8. The number of unbranched alkanes of at least 4 members (excludes halogenated alkanes) is 32. The van der Waals surface area contributed by atoms with Crippen LogP contribution in [0.1, 0.15) is 244 Å². The molecule has 1 atom stereocenters. The summed E-state index contributed by atoms with van der Waals surface area (Å²) >= 11 is 0. The Kier molecular flexibility index (Phi) is 31.0. The number of benzene rings is 1. The van der Waals surface area contributed by atoms with Gasteiger partial charge in [-0.1, -0.05) is 250 Å². The van der Waals surface area contributed by atoms with Crippen molar-refractivity contribution in [2.75, 3.05) is 6.54 Å². The minimum absolute atomic E-state index is 0.549. The van der Waals surface area contributed by atoms with Crippen molar-refractivity contribution in [1.29, 1.82) is 0 Å². The van der Waals surface area contributed by atoms with Crippen LogP contribution in [0.5, 0.6) is 0 Å². The van der Waals surface area contributed by atoms with Crippen LogP contribution in [0, 0.1) is 0 Å². The Hall–Kier alpha value is -1.44. The third-order valence-electron chi connectivity index (χ3n) is 11.5. The smallest absolute Gasteiger partial charge is 0.101 e. The van der Waals surface area contributed by atoms with Crippen molar-refractivity contribution in [1.82, 2.24) is 9.80 Å². The monoisotopic (exact) mass is 693 g/mol. The summed E-state index contributed by atoms with van der Waals surface area (Å²) in [7, 11) is 0. The van der Waals surface area contributed by atoms with Gasteiger partial charge < -0.3 is 9.80 Å². The average molecular weight is 693 g/mol. The first-order valence-electron chi connectivity index (χ1n) is 23.1. The van der Waals surface area contributed by atoms with Crippen LogP contribution in [0.4, 0.5) is 0 Å². The summed E-state index contributed by atoms with van der Waals surface area (Å²) in [6, 6.07) is 11.1. The van der Waals surface area contributed by atoms with Crippen LogP contribution in [-0.2, 0) is 6.54 Å². The van der Waals surface area contributed by atoms with Crippen molar-refractivity contribution in [3.63, 3.8) is 0 Å². The second-order valence-electron chi connectivity index (χ2n) is 16.3. The van der Waals surface area contributed by atoms with Gasteiger partial charge in [0.2, 0.25) is 0 Å². The topological polar surface area (TPSA) is 6.48 Å². The molecular formula is C48H88N2. The second-order valence-corrected chi connectivity index (χ2v) is 16.3. The molecule has 1 aromatic carbocycles. The van der Waals surface area contributed by atoms with Crippen molar-refractivity contribution in [3.05, 3.63) is 48.3 Å². The molecule has 0 spiro atoms. The van der Waals surface area contributed by atoms with E-state index >= 15 is 0 Å². The maximum Gasteiger partial charge on any atom is 0.101 e. The summed E-state index contributed by atoms with van der Waals surface area (Å²) in [6.45, 7) is 6.89. The highest BCUT2D eigenvalue weighted by Crippen LogP contribution is 2.25. The van der Waals surface area contributed by atoms with E-state index in [9.17, 15) is 0 Å². The average Bonchev–Trinajstić information content (AvgIpc) is 3.51. The molecule has 2 rings (SSSR count). The van der Waals surface area contributed by atoms with Gasteiger partial charge in [-0.05, 0) is 24.8 Å². The zero-order valence-electron chi connectivity index (χ0n) is 34.2. The van der Waals surface area contributed by atoms with Crippen LogP contribution in [0.25, 0.3) is 0 Å². The maximum atomic E-state index is 2.68. The molecule has 1 heterocycles. The van der Waals surface area contributed by atoms with Crippen molar-refractivity contribution in [3.8, 4) is 0 Å². The van der Waals surface area contributed by atoms with Crippen molar-refractivity contribution in [2.24, 2.45) is 0 Å². The SMILES string of the molecule is CCCCCCCCCCCCCCCCCCCC1N(CCCCCCCCCCCCCCCCCCC)C=CN1Cc1ccccc1. The Morgan fingerprint density at radius 1 is 0.360 bits per heavy atom. The molecule has 290 valence electrons. The van der Waals surface area contributed by atoms with Crippen LogP contribution in [0.3, 0.4) is 0 Å². The quantitative estimate of drug-likeness (QED) is 0.0637. The molecule has 0 amide bonds. The Morgan fingerprint density at radius 2 is 0.680 bits per heavy atom. The van der Waals surface area contributed by atoms with Crippen molar-refractivity contribution in [2.45, 2.75) is 251 Å². The van der Waals surface area contributed by atoms with Gasteiger partial charge in [0, 0.05) is 25.5 Å². The van der Waals surface area contributed by atoms with Gasteiger partial charge in [-0.3, -0.25) is 0 Å². The lowest BCUT2D eigenvalue weighted by molar-refractivity contribution is 0.132. The first kappa shape index (κ1) is 44.7. The zero-order valence-corrected chi connectivity index (χ0v) is 34.2. The lowest BCUT2D eigenvalue weighted by Gasteiger charge is -2.33. The zero-order chi connectivity index (χ0) is 35.4. The fourth-order valence-corrected chi connectivity index (χ4v) is 8.14. The van der Waals surface area contributed by atoms with E-state index in [1.165, 1.54) is 237 Å². The molecule has 1 aromatic rings. The van der Waals surface area contributed by atoms with Gasteiger partial charge in [-0.15, -0.1) is 0 Å². The highest BCUT2D eigenvalue weighted by atomic mass is 15.4. The summed E-state index contributed by atoms with van der Waals surface area (Å²) in [5, 5.41) is 0. The number of hydrogen-bond donors (Lipinski definition) is 0. The molecule has 0 aromatic heterocycles. The van der Waals surface area contributed by atoms with E-state index in [0.29, 0.717) is 6.17 Å². The Morgan fingerprint density at radius 3 is 1.06 bits per heavy atom. The van der Waals surface area contributed by atoms with Gasteiger partial charge >= 0.3 is 0 Å². The molecule has 2 nitrogen and oxygen atoms in total. The molecule has 0 saturated heterocycles. The van der Waals surface area contributed by atoms with E-state index in [1.54, 1.807) is 0 Å². The van der Waals surface area contributed by atoms with E-state index in [-0.39, 0.29) is 0 Å². The summed E-state index contributed by atoms with van der Waals surface area (Å²) in [5.41, 5.74) is 1.43. The maximum absolute atomic E-state index is 2.68. The van der Waals surface area contributed by atoms with Gasteiger partial charge in [0.05, 0.1) is 0 Å². The fourth-order valence-electron chi connectivity index (χ4n) is 8.14. The van der Waals surface area contributed by atoms with E-state index < -0.39 is 0 Å². The molecule has 1 aliphatic heterocycles. The van der Waals surface area contributed by atoms with Gasteiger partial charge in [0.25, 0.3) is 0 Å². The van der Waals surface area contributed by atoms with Crippen LogP contribution in [-0.4, -0.2) is 22.5 Å². The molecule has 0 aliphatic carbocycles. The largest absolute Gasteiger partial charge is 0.356 e. The molecule has 0 radical (unpaired) electrons. The predicted molar refractivity (Wildman–Crippen MR) is 225 cm³/mol. The van der Waals surface area contributed by atoms with Crippen molar-refractivity contribution < 1.29 is 0 Å². The van der Waals surface area contributed by atoms with Gasteiger partial charge in [-0.2, -0.15) is 0 Å². The number of hydrogen-bond acceptors (Lipinski definition) is 2. The first-order valence-corrected chi connectivity index (χ1v) is 23.1. The minimum atomic E-state index is 0.549. The lowest BCUT2D eigenvalue weighted by atomic mass is 10.0. The standard InChI is InChI=1S/C48H88N2/c1-3-5-7-9-11-13-15-17-19-21-23-25-27-29-31-33-38-42-48-49(44-45-50(48)46-47-40-36-35-37-41-47)43-39-34-32-30-28-26-24-22-20-18-16-14-12-10-8-6-4-2/h35-37,40-41,44-45,48H,3-34,38-39,42-43,46H2,1-2H3. The third-order valence-corrected chi connectivity index (χ3v) is 11.5. The van der Waals surface area contributed by atoms with Crippen LogP contribution < -0.4 is 0 Å². The van der Waals surface area contributed by atoms with E-state index in [2.05, 4.69) is 66.4 Å². The molecule has 1 unspecified atom stereocenters. The van der Waals surface area contributed by atoms with Crippen LogP contribution in [0.15, 0.2) is 42.7 Å². The van der Waals surface area contributed by atoms with E-state index in [4.69, 9.17) is 0 Å². The van der Waals surface area contributed by atoms with Gasteiger partial charge in [-0.25, -0.2) is 0 Å². The Bertz CT molecular complexity index is 834. The summed E-state index contributed by atoms with van der Waals surface area (Å²) in [5.74, 6) is 0. The minimum Gasteiger partial charge on any atom is -0.356 e. The number of rotatable bonds is 38. The molecular weight excluding hydrogens is 605 g/mol. The molecule has 50 heavy (non-hydrogen) atoms. The Balaban J connectivity index is 1.47. The van der Waals surface area contributed by atoms with Crippen LogP contribution in [0.2, 0.25) is 0 Å². The number of nitrogens with zero attached hydrogens (tertiary/aromatic N) is 2. The second kappa shape index (κ2) is 34.6. The highest BCUT2D eigenvalue weighted by Gasteiger charge is 2.25. The summed E-state index contributed by atoms with van der Waals surface area (Å²) < 4.78 is 0. The third kappa shape index (κ3) is 25.5. The van der Waals surface area contributed by atoms with Gasteiger partial charge in [0.15, 0.2) is 0 Å². The molecule has 0 N–H and O–H groups in total. The Labute approximate surface area is 315 Å². The van der Waals surface area contributed by atoms with Gasteiger partial charge in [0.1, 0.15) is 6.17 Å². The molecule has 2 heteroatoms. The molecule has 0 bridgehead atoms. The predicted octanol–water partition coefficient (Wildman–Crippen LogP) is 16.3. The molecule has 0 saturated carbocycles. The summed E-state index contributed by atoms with van der Waals surface area (Å²) in [6.07, 6.45) is 55.8. The lowest BCUT2D eigenvalue weighted by Crippen LogP contribution is -2.38. The molecule has 1 aliphatic rings. The highest BCUT2D eigenvalue weighted by molar-refractivity contribution is 5.16. The van der Waals surface area contributed by atoms with E-state index in [1.807, 2.05) is 0 Å². The summed E-state index contributed by atoms with van der Waals surface area (Å²) in [4.78, 5) is 5.30. The van der Waals surface area contributed by atoms with E-state index in [0.717, 1.165) is 6.54 Å². The molecule has 0 fully saturated rings. The van der Waals surface area contributed by atoms with Crippen LogP contribution >= 0.6 is 0 Å². The fraction of sp³-hybridized carbons (Fsp3) is 0.833. The van der Waals surface area contributed by atoms with Crippen molar-refractivity contribution >= 4 is 0 Å². The normalized spacial score (nSPS) is 14.4.